The molecule has 1 amide bonds. The van der Waals surface area contributed by atoms with Crippen molar-refractivity contribution in [3.05, 3.63) is 71.1 Å². The second kappa shape index (κ2) is 9.63. The van der Waals surface area contributed by atoms with Crippen LogP contribution in [-0.4, -0.2) is 28.6 Å². The third-order valence-corrected chi connectivity index (χ3v) is 4.53. The van der Waals surface area contributed by atoms with Crippen LogP contribution in [0, 0.1) is 0 Å². The molecule has 3 rings (SSSR count). The number of rotatable bonds is 7. The normalized spacial score (nSPS) is 11.4. The van der Waals surface area contributed by atoms with Crippen molar-refractivity contribution in [2.45, 2.75) is 32.5 Å². The van der Waals surface area contributed by atoms with Gasteiger partial charge in [-0.3, -0.25) is 9.59 Å². The van der Waals surface area contributed by atoms with E-state index in [1.165, 1.54) is 5.56 Å². The first-order valence-corrected chi connectivity index (χ1v) is 9.67. The Hall–Kier alpha value is -3.69. The van der Waals surface area contributed by atoms with Crippen LogP contribution in [0.15, 0.2) is 53.1 Å². The zero-order chi connectivity index (χ0) is 23.3. The summed E-state index contributed by atoms with van der Waals surface area (Å²) in [4.78, 5) is 28.0. The Bertz CT molecular complexity index is 1080. The maximum atomic E-state index is 12.6. The van der Waals surface area contributed by atoms with E-state index in [0.29, 0.717) is 11.7 Å². The zero-order valence-corrected chi connectivity index (χ0v) is 17.3. The van der Waals surface area contributed by atoms with E-state index in [4.69, 9.17) is 9.26 Å². The number of amides is 1. The molecule has 168 valence electrons. The number of benzene rings is 2. The van der Waals surface area contributed by atoms with Gasteiger partial charge < -0.3 is 14.6 Å². The van der Waals surface area contributed by atoms with Crippen molar-refractivity contribution in [2.75, 3.05) is 6.54 Å². The molecular weight excluding hydrogens is 427 g/mol. The SMILES string of the molecule is CC(C)c1ccc(-c2noc(COC(=O)CNC(=O)c3ccc(C(F)(F)F)cc3)n2)cc1. The lowest BCUT2D eigenvalue weighted by Gasteiger charge is -2.08. The monoisotopic (exact) mass is 447 g/mol. The highest BCUT2D eigenvalue weighted by Crippen LogP contribution is 2.29. The van der Waals surface area contributed by atoms with Crippen molar-refractivity contribution >= 4 is 11.9 Å². The quantitative estimate of drug-likeness (QED) is 0.541. The van der Waals surface area contributed by atoms with Crippen molar-refractivity contribution in [3.63, 3.8) is 0 Å². The lowest BCUT2D eigenvalue weighted by molar-refractivity contribution is -0.144. The molecule has 0 aliphatic heterocycles. The van der Waals surface area contributed by atoms with Gasteiger partial charge in [0, 0.05) is 11.1 Å². The Kier molecular flexibility index (Phi) is 6.92. The van der Waals surface area contributed by atoms with Crippen LogP contribution in [0.25, 0.3) is 11.4 Å². The third-order valence-electron chi connectivity index (χ3n) is 4.53. The molecule has 0 fully saturated rings. The average Bonchev–Trinajstić information content (AvgIpc) is 3.24. The first kappa shape index (κ1) is 23.0. The highest BCUT2D eigenvalue weighted by molar-refractivity contribution is 5.95. The van der Waals surface area contributed by atoms with E-state index in [9.17, 15) is 22.8 Å². The molecule has 1 heterocycles. The molecule has 0 saturated carbocycles. The van der Waals surface area contributed by atoms with E-state index in [1.807, 2.05) is 24.3 Å². The summed E-state index contributed by atoms with van der Waals surface area (Å²) in [7, 11) is 0. The molecule has 3 aromatic rings. The van der Waals surface area contributed by atoms with Crippen LogP contribution in [0.4, 0.5) is 13.2 Å². The van der Waals surface area contributed by atoms with Crippen LogP contribution in [0.1, 0.15) is 47.1 Å². The number of nitrogens with zero attached hydrogens (tertiary/aromatic N) is 2. The van der Waals surface area contributed by atoms with Gasteiger partial charge in [0.05, 0.1) is 5.56 Å². The summed E-state index contributed by atoms with van der Waals surface area (Å²) in [5, 5.41) is 6.13. The topological polar surface area (TPSA) is 94.3 Å². The molecule has 0 aliphatic rings. The highest BCUT2D eigenvalue weighted by Gasteiger charge is 2.30. The number of ether oxygens (including phenoxy) is 1. The number of nitrogens with one attached hydrogen (secondary N) is 1. The van der Waals surface area contributed by atoms with E-state index < -0.39 is 30.2 Å². The van der Waals surface area contributed by atoms with E-state index in [2.05, 4.69) is 29.3 Å². The van der Waals surface area contributed by atoms with Gasteiger partial charge in [0.15, 0.2) is 6.61 Å². The number of halogens is 3. The smallest absolute Gasteiger partial charge is 0.416 e. The number of hydrogen-bond acceptors (Lipinski definition) is 6. The molecule has 7 nitrogen and oxygen atoms in total. The minimum Gasteiger partial charge on any atom is -0.454 e. The van der Waals surface area contributed by atoms with Crippen LogP contribution in [-0.2, 0) is 22.3 Å². The lowest BCUT2D eigenvalue weighted by atomic mass is 10.0. The van der Waals surface area contributed by atoms with E-state index in [1.54, 1.807) is 0 Å². The Labute approximate surface area is 181 Å². The highest BCUT2D eigenvalue weighted by atomic mass is 19.4. The molecular formula is C22H20F3N3O4. The summed E-state index contributed by atoms with van der Waals surface area (Å²) in [6, 6.07) is 11.3. The minimum atomic E-state index is -4.50. The molecule has 1 aromatic heterocycles. The number of carbonyl (C=O) groups excluding carboxylic acids is 2. The molecule has 0 saturated heterocycles. The summed E-state index contributed by atoms with van der Waals surface area (Å²) in [6.45, 7) is 3.41. The fourth-order valence-corrected chi connectivity index (χ4v) is 2.71. The van der Waals surface area contributed by atoms with Gasteiger partial charge in [-0.2, -0.15) is 18.2 Å². The van der Waals surface area contributed by atoms with Crippen molar-refractivity contribution in [1.82, 2.24) is 15.5 Å². The minimum absolute atomic E-state index is 0.0178. The fraction of sp³-hybridized carbons (Fsp3) is 0.273. The maximum absolute atomic E-state index is 12.6. The van der Waals surface area contributed by atoms with Gasteiger partial charge in [-0.1, -0.05) is 43.3 Å². The molecule has 0 spiro atoms. The van der Waals surface area contributed by atoms with Gasteiger partial charge in [-0.15, -0.1) is 0 Å². The predicted octanol–water partition coefficient (Wildman–Crippen LogP) is 4.35. The molecule has 32 heavy (non-hydrogen) atoms. The predicted molar refractivity (Wildman–Crippen MR) is 107 cm³/mol. The molecule has 10 heteroatoms. The van der Waals surface area contributed by atoms with Gasteiger partial charge in [-0.05, 0) is 35.7 Å². The van der Waals surface area contributed by atoms with Crippen molar-refractivity contribution in [2.24, 2.45) is 0 Å². The fourth-order valence-electron chi connectivity index (χ4n) is 2.71. The lowest BCUT2D eigenvalue weighted by Crippen LogP contribution is -2.30. The van der Waals surface area contributed by atoms with Crippen molar-refractivity contribution in [3.8, 4) is 11.4 Å². The molecule has 2 aromatic carbocycles. The third kappa shape index (κ3) is 5.93. The van der Waals surface area contributed by atoms with Crippen LogP contribution >= 0.6 is 0 Å². The summed E-state index contributed by atoms with van der Waals surface area (Å²) in [6.07, 6.45) is -4.50. The average molecular weight is 447 g/mol. The van der Waals surface area contributed by atoms with E-state index in [-0.39, 0.29) is 18.1 Å². The number of carbonyl (C=O) groups is 2. The molecule has 0 atom stereocenters. The second-order valence-corrected chi connectivity index (χ2v) is 7.21. The largest absolute Gasteiger partial charge is 0.454 e. The Morgan fingerprint density at radius 3 is 2.31 bits per heavy atom. The Morgan fingerprint density at radius 1 is 1.06 bits per heavy atom. The van der Waals surface area contributed by atoms with Gasteiger partial charge in [0.1, 0.15) is 6.54 Å². The van der Waals surface area contributed by atoms with Gasteiger partial charge in [0.2, 0.25) is 5.82 Å². The van der Waals surface area contributed by atoms with Gasteiger partial charge in [0.25, 0.3) is 11.8 Å². The molecule has 1 N–H and O–H groups in total. The van der Waals surface area contributed by atoms with Crippen molar-refractivity contribution in [1.29, 1.82) is 0 Å². The number of aromatic nitrogens is 2. The standard InChI is InChI=1S/C22H20F3N3O4/c1-13(2)14-3-5-15(6-4-14)20-27-18(32-28-20)12-31-19(29)11-26-21(30)16-7-9-17(10-8-16)22(23,24)25/h3-10,13H,11-12H2,1-2H3,(H,26,30). The summed E-state index contributed by atoms with van der Waals surface area (Å²) in [5.74, 6) is -0.659. The second-order valence-electron chi connectivity index (χ2n) is 7.21. The van der Waals surface area contributed by atoms with E-state index >= 15 is 0 Å². The first-order valence-electron chi connectivity index (χ1n) is 9.67. The Morgan fingerprint density at radius 2 is 1.72 bits per heavy atom. The molecule has 0 unspecified atom stereocenters. The summed E-state index contributed by atoms with van der Waals surface area (Å²) in [5.41, 5.74) is 1.03. The zero-order valence-electron chi connectivity index (χ0n) is 17.3. The summed E-state index contributed by atoms with van der Waals surface area (Å²) < 4.78 is 47.7. The van der Waals surface area contributed by atoms with E-state index in [0.717, 1.165) is 29.8 Å². The van der Waals surface area contributed by atoms with Crippen LogP contribution in [0.2, 0.25) is 0 Å². The molecule has 0 aliphatic carbocycles. The number of esters is 1. The Balaban J connectivity index is 1.47. The van der Waals surface area contributed by atoms with Crippen LogP contribution in [0.3, 0.4) is 0 Å². The maximum Gasteiger partial charge on any atom is 0.416 e. The number of alkyl halides is 3. The van der Waals surface area contributed by atoms with Gasteiger partial charge >= 0.3 is 12.1 Å². The summed E-state index contributed by atoms with van der Waals surface area (Å²) >= 11 is 0. The van der Waals surface area contributed by atoms with Crippen LogP contribution in [0.5, 0.6) is 0 Å². The first-order chi connectivity index (χ1) is 15.1. The number of hydrogen-bond donors (Lipinski definition) is 1. The van der Waals surface area contributed by atoms with Gasteiger partial charge in [-0.25, -0.2) is 0 Å². The molecule has 0 bridgehead atoms. The molecule has 0 radical (unpaired) electrons. The van der Waals surface area contributed by atoms with Crippen molar-refractivity contribution < 1.29 is 32.0 Å². The van der Waals surface area contributed by atoms with Crippen LogP contribution < -0.4 is 5.32 Å².